The van der Waals surface area contributed by atoms with Gasteiger partial charge in [-0.1, -0.05) is 52.8 Å². The third-order valence-electron chi connectivity index (χ3n) is 4.18. The molecule has 3 heteroatoms. The zero-order valence-corrected chi connectivity index (χ0v) is 13.8. The van der Waals surface area contributed by atoms with E-state index in [0.29, 0.717) is 6.54 Å². The number of hydrogen-bond acceptors (Lipinski definition) is 2. The highest BCUT2D eigenvalue weighted by atomic mass is 16.3. The van der Waals surface area contributed by atoms with Gasteiger partial charge in [-0.05, 0) is 28.5 Å². The summed E-state index contributed by atoms with van der Waals surface area (Å²) in [5, 5.41) is 10.4. The summed E-state index contributed by atoms with van der Waals surface area (Å²) in [4.78, 5) is 14.1. The molecule has 0 saturated heterocycles. The van der Waals surface area contributed by atoms with E-state index >= 15 is 0 Å². The minimum atomic E-state index is -0.487. The SMILES string of the molecule is CC(C)C(=O)N1CCc2ccc(C(O)C(C)(C)C)cc2C1. The van der Waals surface area contributed by atoms with E-state index in [1.165, 1.54) is 11.1 Å². The van der Waals surface area contributed by atoms with Gasteiger partial charge in [-0.25, -0.2) is 0 Å². The van der Waals surface area contributed by atoms with Crippen LogP contribution in [0.1, 0.15) is 57.4 Å². The Balaban J connectivity index is 2.24. The van der Waals surface area contributed by atoms with Crippen LogP contribution in [0.15, 0.2) is 18.2 Å². The van der Waals surface area contributed by atoms with Crippen LogP contribution >= 0.6 is 0 Å². The van der Waals surface area contributed by atoms with Crippen molar-refractivity contribution in [1.29, 1.82) is 0 Å². The van der Waals surface area contributed by atoms with Crippen molar-refractivity contribution in [3.8, 4) is 0 Å². The van der Waals surface area contributed by atoms with Crippen molar-refractivity contribution in [2.75, 3.05) is 6.54 Å². The van der Waals surface area contributed by atoms with Gasteiger partial charge in [-0.3, -0.25) is 4.79 Å². The van der Waals surface area contributed by atoms with Crippen molar-refractivity contribution in [2.24, 2.45) is 11.3 Å². The summed E-state index contributed by atoms with van der Waals surface area (Å²) in [6.45, 7) is 11.4. The molecule has 0 aromatic heterocycles. The maximum absolute atomic E-state index is 12.2. The molecule has 1 aliphatic rings. The molecule has 0 radical (unpaired) electrons. The molecular formula is C18H27NO2. The molecule has 1 aliphatic heterocycles. The van der Waals surface area contributed by atoms with Crippen molar-refractivity contribution in [3.63, 3.8) is 0 Å². The highest BCUT2D eigenvalue weighted by Gasteiger charge is 2.27. The first-order chi connectivity index (χ1) is 9.70. The predicted octanol–water partition coefficient (Wildman–Crippen LogP) is 3.31. The Morgan fingerprint density at radius 2 is 1.90 bits per heavy atom. The number of carbonyl (C=O) groups is 1. The van der Waals surface area contributed by atoms with Gasteiger partial charge in [-0.2, -0.15) is 0 Å². The van der Waals surface area contributed by atoms with Crippen LogP contribution in [0.5, 0.6) is 0 Å². The molecule has 0 spiro atoms. The van der Waals surface area contributed by atoms with Gasteiger partial charge in [0, 0.05) is 19.0 Å². The van der Waals surface area contributed by atoms with Crippen molar-refractivity contribution >= 4 is 5.91 Å². The van der Waals surface area contributed by atoms with Crippen LogP contribution in [-0.2, 0) is 17.8 Å². The first kappa shape index (κ1) is 16.0. The van der Waals surface area contributed by atoms with Crippen molar-refractivity contribution in [1.82, 2.24) is 4.90 Å². The van der Waals surface area contributed by atoms with E-state index < -0.39 is 6.10 Å². The van der Waals surface area contributed by atoms with Crippen molar-refractivity contribution in [2.45, 2.75) is 53.7 Å². The lowest BCUT2D eigenvalue weighted by Crippen LogP contribution is -2.38. The van der Waals surface area contributed by atoms with E-state index in [1.54, 1.807) is 0 Å². The fourth-order valence-electron chi connectivity index (χ4n) is 2.80. The third-order valence-corrected chi connectivity index (χ3v) is 4.18. The number of rotatable bonds is 2. The zero-order chi connectivity index (χ0) is 15.8. The molecule has 1 aromatic carbocycles. The van der Waals surface area contributed by atoms with Crippen LogP contribution in [-0.4, -0.2) is 22.5 Å². The Kier molecular flexibility index (Phi) is 4.43. The molecule has 0 fully saturated rings. The number of nitrogens with zero attached hydrogens (tertiary/aromatic N) is 1. The molecule has 0 aliphatic carbocycles. The number of fused-ring (bicyclic) bond motifs is 1. The standard InChI is InChI=1S/C18H27NO2/c1-12(2)17(21)19-9-8-13-6-7-14(10-15(13)11-19)16(20)18(3,4)5/h6-7,10,12,16,20H,8-9,11H2,1-5H3. The number of aliphatic hydroxyl groups is 1. The molecule has 1 aromatic rings. The minimum Gasteiger partial charge on any atom is -0.388 e. The summed E-state index contributed by atoms with van der Waals surface area (Å²) in [6, 6.07) is 6.20. The average Bonchev–Trinajstić information content (AvgIpc) is 2.43. The van der Waals surface area contributed by atoms with Crippen LogP contribution in [0.2, 0.25) is 0 Å². The van der Waals surface area contributed by atoms with Crippen LogP contribution in [0.3, 0.4) is 0 Å². The summed E-state index contributed by atoms with van der Waals surface area (Å²) >= 11 is 0. The quantitative estimate of drug-likeness (QED) is 0.907. The smallest absolute Gasteiger partial charge is 0.225 e. The van der Waals surface area contributed by atoms with Crippen LogP contribution in [0.25, 0.3) is 0 Å². The first-order valence-electron chi connectivity index (χ1n) is 7.78. The lowest BCUT2D eigenvalue weighted by Gasteiger charge is -2.32. The molecule has 116 valence electrons. The molecule has 3 nitrogen and oxygen atoms in total. The van der Waals surface area contributed by atoms with Gasteiger partial charge in [-0.15, -0.1) is 0 Å². The Morgan fingerprint density at radius 1 is 1.24 bits per heavy atom. The van der Waals surface area contributed by atoms with E-state index in [4.69, 9.17) is 0 Å². The normalized spacial score (nSPS) is 16.8. The maximum Gasteiger partial charge on any atom is 0.225 e. The van der Waals surface area contributed by atoms with Gasteiger partial charge in [0.1, 0.15) is 0 Å². The van der Waals surface area contributed by atoms with Gasteiger partial charge in [0.15, 0.2) is 0 Å². The molecule has 1 heterocycles. The molecule has 2 rings (SSSR count). The molecular weight excluding hydrogens is 262 g/mol. The third kappa shape index (κ3) is 3.46. The van der Waals surface area contributed by atoms with E-state index in [9.17, 15) is 9.90 Å². The number of amides is 1. The Labute approximate surface area is 128 Å². The topological polar surface area (TPSA) is 40.5 Å². The fourth-order valence-corrected chi connectivity index (χ4v) is 2.80. The molecule has 0 bridgehead atoms. The highest BCUT2D eigenvalue weighted by molar-refractivity contribution is 5.78. The largest absolute Gasteiger partial charge is 0.388 e. The molecule has 0 saturated carbocycles. The molecule has 1 N–H and O–H groups in total. The van der Waals surface area contributed by atoms with Gasteiger partial charge in [0.05, 0.1) is 6.10 Å². The second kappa shape index (κ2) is 5.80. The van der Waals surface area contributed by atoms with E-state index in [0.717, 1.165) is 18.5 Å². The second-order valence-corrected chi connectivity index (χ2v) is 7.46. The van der Waals surface area contributed by atoms with E-state index in [-0.39, 0.29) is 17.2 Å². The van der Waals surface area contributed by atoms with Gasteiger partial charge in [0.2, 0.25) is 5.91 Å². The van der Waals surface area contributed by atoms with Crippen molar-refractivity contribution in [3.05, 3.63) is 34.9 Å². The number of aliphatic hydroxyl groups excluding tert-OH is 1. The second-order valence-electron chi connectivity index (χ2n) is 7.46. The minimum absolute atomic E-state index is 0.0369. The maximum atomic E-state index is 12.2. The Hall–Kier alpha value is -1.35. The Bertz CT molecular complexity index is 529. The van der Waals surface area contributed by atoms with Crippen LogP contribution in [0.4, 0.5) is 0 Å². The fraction of sp³-hybridized carbons (Fsp3) is 0.611. The number of benzene rings is 1. The van der Waals surface area contributed by atoms with Crippen molar-refractivity contribution < 1.29 is 9.90 Å². The molecule has 21 heavy (non-hydrogen) atoms. The summed E-state index contributed by atoms with van der Waals surface area (Å²) in [5.74, 6) is 0.248. The summed E-state index contributed by atoms with van der Waals surface area (Å²) in [7, 11) is 0. The zero-order valence-electron chi connectivity index (χ0n) is 13.8. The average molecular weight is 289 g/mol. The monoisotopic (exact) mass is 289 g/mol. The van der Waals surface area contributed by atoms with E-state index in [1.807, 2.05) is 45.6 Å². The summed E-state index contributed by atoms with van der Waals surface area (Å²) in [5.41, 5.74) is 3.24. The van der Waals surface area contributed by atoms with Gasteiger partial charge >= 0.3 is 0 Å². The van der Waals surface area contributed by atoms with Crippen LogP contribution < -0.4 is 0 Å². The van der Waals surface area contributed by atoms with Gasteiger partial charge < -0.3 is 10.0 Å². The lowest BCUT2D eigenvalue weighted by molar-refractivity contribution is -0.135. The van der Waals surface area contributed by atoms with Gasteiger partial charge in [0.25, 0.3) is 0 Å². The lowest BCUT2D eigenvalue weighted by atomic mass is 9.83. The molecule has 1 unspecified atom stereocenters. The summed E-state index contributed by atoms with van der Waals surface area (Å²) < 4.78 is 0. The molecule has 1 atom stereocenters. The number of hydrogen-bond donors (Lipinski definition) is 1. The summed E-state index contributed by atoms with van der Waals surface area (Å²) in [6.07, 6.45) is 0.415. The van der Waals surface area contributed by atoms with E-state index in [2.05, 4.69) is 12.1 Å². The predicted molar refractivity (Wildman–Crippen MR) is 84.8 cm³/mol. The Morgan fingerprint density at radius 3 is 2.48 bits per heavy atom. The highest BCUT2D eigenvalue weighted by Crippen LogP contribution is 2.34. The first-order valence-corrected chi connectivity index (χ1v) is 7.78. The molecule has 1 amide bonds. The number of carbonyl (C=O) groups excluding carboxylic acids is 1. The van der Waals surface area contributed by atoms with Crippen LogP contribution in [0, 0.1) is 11.3 Å².